The van der Waals surface area contributed by atoms with E-state index in [9.17, 15) is 13.2 Å². The summed E-state index contributed by atoms with van der Waals surface area (Å²) >= 11 is 0. The Balaban J connectivity index is 1.66. The van der Waals surface area contributed by atoms with Crippen LogP contribution in [0.4, 0.5) is 17.6 Å². The van der Waals surface area contributed by atoms with Crippen LogP contribution in [0.1, 0.15) is 30.5 Å². The normalized spacial score (nSPS) is 13.7. The van der Waals surface area contributed by atoms with Gasteiger partial charge in [0, 0.05) is 42.0 Å². The van der Waals surface area contributed by atoms with Gasteiger partial charge in [-0.25, -0.2) is 18.2 Å². The Morgan fingerprint density at radius 3 is 2.48 bits per heavy atom. The summed E-state index contributed by atoms with van der Waals surface area (Å²) in [7, 11) is 0. The molecule has 1 atom stereocenters. The third kappa shape index (κ3) is 7.34. The Kier molecular flexibility index (Phi) is 9.34. The van der Waals surface area contributed by atoms with E-state index in [2.05, 4.69) is 20.5 Å². The highest BCUT2D eigenvalue weighted by Gasteiger charge is 2.29. The molecule has 0 aliphatic rings. The molecular weight excluding hydrogens is 522 g/mol. The van der Waals surface area contributed by atoms with Crippen molar-refractivity contribution in [2.75, 3.05) is 19.7 Å². The Morgan fingerprint density at radius 2 is 1.80 bits per heavy atom. The Bertz CT molecular complexity index is 1460. The zero-order valence-electron chi connectivity index (χ0n) is 22.2. The van der Waals surface area contributed by atoms with Crippen LogP contribution in [0, 0.1) is 5.95 Å². The van der Waals surface area contributed by atoms with Crippen molar-refractivity contribution in [1.82, 2.24) is 20.5 Å². The van der Waals surface area contributed by atoms with Crippen LogP contribution < -0.4 is 15.8 Å². The van der Waals surface area contributed by atoms with E-state index in [-0.39, 0.29) is 27.6 Å². The van der Waals surface area contributed by atoms with Gasteiger partial charge in [0.15, 0.2) is 6.17 Å². The highest BCUT2D eigenvalue weighted by Crippen LogP contribution is 2.38. The lowest BCUT2D eigenvalue weighted by atomic mass is 9.87. The first kappa shape index (κ1) is 29.0. The number of halogens is 4. The molecule has 0 radical (unpaired) electrons. The molecule has 0 aliphatic heterocycles. The minimum atomic E-state index is -3.28. The maximum absolute atomic E-state index is 15.3. The van der Waals surface area contributed by atoms with Gasteiger partial charge >= 0.3 is 0 Å². The molecule has 1 unspecified atom stereocenters. The van der Waals surface area contributed by atoms with Gasteiger partial charge in [-0.1, -0.05) is 48.6 Å². The number of hydrogen-bond donors (Lipinski definition) is 3. The SMILES string of the molecule is CC(C)(N)C=CCNCCOc1ccc(/C(=C(/c2ccccc2)C(F)C(F)F)c2ccc3[nH]nc(F)c3c2)cn1. The summed E-state index contributed by atoms with van der Waals surface area (Å²) in [6.45, 7) is 5.32. The summed E-state index contributed by atoms with van der Waals surface area (Å²) in [6, 6.07) is 15.9. The molecule has 2 aromatic heterocycles. The molecular formula is C30H31F4N5O. The van der Waals surface area contributed by atoms with E-state index in [0.29, 0.717) is 42.2 Å². The lowest BCUT2D eigenvalue weighted by molar-refractivity contribution is 0.0801. The van der Waals surface area contributed by atoms with Crippen LogP contribution in [0.5, 0.6) is 5.88 Å². The summed E-state index contributed by atoms with van der Waals surface area (Å²) < 4.78 is 63.0. The first-order valence-corrected chi connectivity index (χ1v) is 12.8. The van der Waals surface area contributed by atoms with E-state index in [1.165, 1.54) is 12.3 Å². The van der Waals surface area contributed by atoms with Crippen molar-refractivity contribution in [3.63, 3.8) is 0 Å². The first-order chi connectivity index (χ1) is 19.1. The van der Waals surface area contributed by atoms with Gasteiger partial charge in [-0.05, 0) is 48.7 Å². The van der Waals surface area contributed by atoms with E-state index < -0.39 is 18.5 Å². The topological polar surface area (TPSA) is 88.9 Å². The molecule has 0 saturated carbocycles. The van der Waals surface area contributed by atoms with Gasteiger partial charge in [-0.3, -0.25) is 5.10 Å². The molecule has 4 N–H and O–H groups in total. The predicted octanol–water partition coefficient (Wildman–Crippen LogP) is 5.92. The Hall–Kier alpha value is -4.02. The van der Waals surface area contributed by atoms with E-state index in [0.717, 1.165) is 0 Å². The second kappa shape index (κ2) is 12.9. The molecule has 0 spiro atoms. The monoisotopic (exact) mass is 553 g/mol. The molecule has 0 aliphatic carbocycles. The van der Waals surface area contributed by atoms with Crippen molar-refractivity contribution in [2.24, 2.45) is 5.73 Å². The molecule has 6 nitrogen and oxygen atoms in total. The fraction of sp³-hybridized carbons (Fsp3) is 0.267. The number of nitrogens with two attached hydrogens (primary N) is 1. The molecule has 0 fully saturated rings. The molecule has 0 amide bonds. The molecule has 0 saturated heterocycles. The van der Waals surface area contributed by atoms with Crippen molar-refractivity contribution in [3.8, 4) is 5.88 Å². The fourth-order valence-electron chi connectivity index (χ4n) is 4.19. The van der Waals surface area contributed by atoms with Crippen molar-refractivity contribution >= 4 is 22.0 Å². The van der Waals surface area contributed by atoms with Crippen molar-refractivity contribution in [2.45, 2.75) is 32.0 Å². The van der Waals surface area contributed by atoms with Gasteiger partial charge in [-0.15, -0.1) is 5.10 Å². The van der Waals surface area contributed by atoms with Crippen LogP contribution >= 0.6 is 0 Å². The van der Waals surface area contributed by atoms with Crippen LogP contribution in [0.15, 0.2) is 79.0 Å². The smallest absolute Gasteiger partial charge is 0.273 e. The summed E-state index contributed by atoms with van der Waals surface area (Å²) in [5, 5.41) is 9.48. The first-order valence-electron chi connectivity index (χ1n) is 12.8. The molecule has 2 heterocycles. The number of benzene rings is 2. The summed E-state index contributed by atoms with van der Waals surface area (Å²) in [4.78, 5) is 4.32. The number of nitrogens with zero attached hydrogens (tertiary/aromatic N) is 2. The number of aromatic nitrogens is 3. The third-order valence-electron chi connectivity index (χ3n) is 6.02. The summed E-state index contributed by atoms with van der Waals surface area (Å²) in [6.07, 6.45) is -0.613. The number of aromatic amines is 1. The molecule has 4 rings (SSSR count). The average Bonchev–Trinajstić information content (AvgIpc) is 3.31. The fourth-order valence-corrected chi connectivity index (χ4v) is 4.19. The molecule has 10 heteroatoms. The number of ether oxygens (including phenoxy) is 1. The summed E-state index contributed by atoms with van der Waals surface area (Å²) in [5.74, 6) is -0.437. The Morgan fingerprint density at radius 1 is 1.05 bits per heavy atom. The highest BCUT2D eigenvalue weighted by atomic mass is 19.3. The maximum atomic E-state index is 15.3. The zero-order valence-corrected chi connectivity index (χ0v) is 22.2. The number of pyridine rings is 1. The lowest BCUT2D eigenvalue weighted by Gasteiger charge is -2.20. The quantitative estimate of drug-likeness (QED) is 0.0877. The largest absolute Gasteiger partial charge is 0.476 e. The number of nitrogens with one attached hydrogen (secondary N) is 2. The van der Waals surface area contributed by atoms with Crippen LogP contribution in [-0.2, 0) is 0 Å². The van der Waals surface area contributed by atoms with Gasteiger partial charge < -0.3 is 15.8 Å². The molecule has 210 valence electrons. The number of fused-ring (bicyclic) bond motifs is 1. The Labute approximate surface area is 230 Å². The van der Waals surface area contributed by atoms with Crippen LogP contribution in [-0.4, -0.2) is 53.0 Å². The summed E-state index contributed by atoms with van der Waals surface area (Å²) in [5.41, 5.74) is 6.85. The van der Waals surface area contributed by atoms with Gasteiger partial charge in [0.2, 0.25) is 11.8 Å². The average molecular weight is 554 g/mol. The predicted molar refractivity (Wildman–Crippen MR) is 149 cm³/mol. The number of allylic oxidation sites excluding steroid dienone is 1. The molecule has 0 bridgehead atoms. The number of H-pyrrole nitrogens is 1. The number of alkyl halides is 3. The van der Waals surface area contributed by atoms with Gasteiger partial charge in [0.1, 0.15) is 6.61 Å². The maximum Gasteiger partial charge on any atom is 0.273 e. The van der Waals surface area contributed by atoms with Crippen LogP contribution in [0.2, 0.25) is 0 Å². The second-order valence-corrected chi connectivity index (χ2v) is 9.83. The second-order valence-electron chi connectivity index (χ2n) is 9.83. The van der Waals surface area contributed by atoms with Crippen LogP contribution in [0.25, 0.3) is 22.0 Å². The zero-order chi connectivity index (χ0) is 28.7. The van der Waals surface area contributed by atoms with Crippen molar-refractivity contribution < 1.29 is 22.3 Å². The van der Waals surface area contributed by atoms with Crippen molar-refractivity contribution in [1.29, 1.82) is 0 Å². The number of rotatable bonds is 12. The standard InChI is InChI=1S/C30H31F4N5O/c1-30(2,35)13-6-14-36-15-16-40-24-12-10-21(18-37-24)25(20-9-11-23-22(17-20)29(34)39-38-23)26(27(31)28(32)33)19-7-4-3-5-8-19/h3-13,17-18,27-28,36H,14-16,35H2,1-2H3,(H,38,39)/b13-6?,26-25-. The molecule has 2 aromatic carbocycles. The third-order valence-corrected chi connectivity index (χ3v) is 6.02. The van der Waals surface area contributed by atoms with Gasteiger partial charge in [0.25, 0.3) is 6.43 Å². The minimum absolute atomic E-state index is 0.153. The minimum Gasteiger partial charge on any atom is -0.476 e. The highest BCUT2D eigenvalue weighted by molar-refractivity contribution is 6.01. The van der Waals surface area contributed by atoms with E-state index in [4.69, 9.17) is 10.5 Å². The number of hydrogen-bond acceptors (Lipinski definition) is 5. The molecule has 40 heavy (non-hydrogen) atoms. The molecule has 4 aromatic rings. The van der Waals surface area contributed by atoms with Crippen molar-refractivity contribution in [3.05, 3.63) is 102 Å². The van der Waals surface area contributed by atoms with Crippen LogP contribution in [0.3, 0.4) is 0 Å². The van der Waals surface area contributed by atoms with Gasteiger partial charge in [-0.2, -0.15) is 4.39 Å². The lowest BCUT2D eigenvalue weighted by Crippen LogP contribution is -2.29. The van der Waals surface area contributed by atoms with Gasteiger partial charge in [0.05, 0.1) is 10.9 Å². The van der Waals surface area contributed by atoms with E-state index >= 15 is 4.39 Å². The van der Waals surface area contributed by atoms with E-state index in [1.54, 1.807) is 54.6 Å². The van der Waals surface area contributed by atoms with E-state index in [1.807, 2.05) is 26.0 Å².